The number of aliphatic hydroxyl groups excluding tert-OH is 1. The second-order valence-electron chi connectivity index (χ2n) is 7.81. The zero-order valence-corrected chi connectivity index (χ0v) is 18.8. The number of aromatic nitrogens is 2. The van der Waals surface area contributed by atoms with Crippen molar-refractivity contribution in [3.05, 3.63) is 101 Å². The van der Waals surface area contributed by atoms with Gasteiger partial charge in [-0.1, -0.05) is 36.4 Å². The molecule has 3 aromatic carbocycles. The fraction of sp³-hybridized carbons (Fsp3) is 0.115. The molecule has 0 aliphatic carbocycles. The Labute approximate surface area is 203 Å². The number of nitrogens with zero attached hydrogens (tertiary/aromatic N) is 3. The van der Waals surface area contributed by atoms with E-state index in [2.05, 4.69) is 5.10 Å². The van der Waals surface area contributed by atoms with Crippen LogP contribution in [-0.2, 0) is 6.18 Å². The molecule has 1 unspecified atom stereocenters. The van der Waals surface area contributed by atoms with Gasteiger partial charge in [0, 0.05) is 5.56 Å². The Hall–Kier alpha value is -4.62. The second-order valence-corrected chi connectivity index (χ2v) is 7.81. The monoisotopic (exact) mass is 492 g/mol. The van der Waals surface area contributed by atoms with Crippen molar-refractivity contribution in [2.45, 2.75) is 12.3 Å². The van der Waals surface area contributed by atoms with Gasteiger partial charge in [-0.25, -0.2) is 4.68 Å². The van der Waals surface area contributed by atoms with Crippen molar-refractivity contribution in [2.75, 3.05) is 7.11 Å². The van der Waals surface area contributed by atoms with E-state index in [1.54, 1.807) is 30.3 Å². The van der Waals surface area contributed by atoms with Crippen molar-refractivity contribution >= 4 is 5.91 Å². The summed E-state index contributed by atoms with van der Waals surface area (Å²) in [5, 5.41) is 23.8. The fourth-order valence-corrected chi connectivity index (χ4v) is 3.85. The molecule has 0 saturated heterocycles. The van der Waals surface area contributed by atoms with E-state index in [4.69, 9.17) is 10.5 Å². The van der Waals surface area contributed by atoms with Crippen LogP contribution in [0.25, 0.3) is 16.8 Å². The summed E-state index contributed by atoms with van der Waals surface area (Å²) in [6, 6.07) is 19.9. The first-order valence-corrected chi connectivity index (χ1v) is 10.6. The first kappa shape index (κ1) is 24.5. The number of halogens is 3. The zero-order valence-electron chi connectivity index (χ0n) is 18.8. The standard InChI is InChI=1S/C26H19F3N4O3/c1-36-20-10-8-16(9-11-20)23(34)18-6-3-7-19(13-18)33-22(25(31)35)21(24(32-33)26(27,28)29)17-5-2-4-15(12-17)14-30/h2-13,23,34H,1H3,(H2,31,35). The number of nitriles is 1. The molecule has 10 heteroatoms. The van der Waals surface area contributed by atoms with Gasteiger partial charge in [-0.2, -0.15) is 23.5 Å². The van der Waals surface area contributed by atoms with Gasteiger partial charge in [-0.3, -0.25) is 4.79 Å². The highest BCUT2D eigenvalue weighted by molar-refractivity contribution is 5.99. The van der Waals surface area contributed by atoms with Crippen LogP contribution in [0.1, 0.15) is 39.0 Å². The number of rotatable bonds is 6. The molecule has 0 bridgehead atoms. The van der Waals surface area contributed by atoms with Crippen molar-refractivity contribution in [3.8, 4) is 28.6 Å². The normalized spacial score (nSPS) is 12.1. The third-order valence-corrected chi connectivity index (χ3v) is 5.53. The lowest BCUT2D eigenvalue weighted by molar-refractivity contribution is -0.140. The highest BCUT2D eigenvalue weighted by atomic mass is 19.4. The lowest BCUT2D eigenvalue weighted by Gasteiger charge is -2.14. The minimum atomic E-state index is -4.92. The van der Waals surface area contributed by atoms with Crippen LogP contribution in [0.4, 0.5) is 13.2 Å². The Kier molecular flexibility index (Phi) is 6.51. The molecule has 0 radical (unpaired) electrons. The SMILES string of the molecule is COc1ccc(C(O)c2cccc(-n3nc(C(F)(F)F)c(-c4cccc(C#N)c4)c3C(N)=O)c2)cc1. The summed E-state index contributed by atoms with van der Waals surface area (Å²) >= 11 is 0. The molecule has 1 amide bonds. The number of amides is 1. The fourth-order valence-electron chi connectivity index (χ4n) is 3.85. The van der Waals surface area contributed by atoms with Crippen LogP contribution in [0.2, 0.25) is 0 Å². The molecular formula is C26H19F3N4O3. The number of methoxy groups -OCH3 is 1. The van der Waals surface area contributed by atoms with Crippen molar-refractivity contribution in [1.82, 2.24) is 9.78 Å². The number of alkyl halides is 3. The number of aliphatic hydroxyl groups is 1. The van der Waals surface area contributed by atoms with E-state index in [0.717, 1.165) is 4.68 Å². The number of hydrogen-bond donors (Lipinski definition) is 2. The maximum Gasteiger partial charge on any atom is 0.435 e. The van der Waals surface area contributed by atoms with Crippen molar-refractivity contribution in [2.24, 2.45) is 5.73 Å². The van der Waals surface area contributed by atoms with E-state index in [0.29, 0.717) is 16.9 Å². The number of benzene rings is 3. The molecule has 182 valence electrons. The summed E-state index contributed by atoms with van der Waals surface area (Å²) in [7, 11) is 1.51. The second kappa shape index (κ2) is 9.56. The topological polar surface area (TPSA) is 114 Å². The van der Waals surface area contributed by atoms with Gasteiger partial charge in [0.1, 0.15) is 17.5 Å². The van der Waals surface area contributed by atoms with Gasteiger partial charge in [-0.05, 0) is 53.1 Å². The van der Waals surface area contributed by atoms with Crippen molar-refractivity contribution < 1.29 is 27.8 Å². The van der Waals surface area contributed by atoms with Gasteiger partial charge in [0.15, 0.2) is 5.69 Å². The van der Waals surface area contributed by atoms with E-state index < -0.39 is 35.1 Å². The molecule has 1 aromatic heterocycles. The summed E-state index contributed by atoms with van der Waals surface area (Å²) in [6.45, 7) is 0. The summed E-state index contributed by atoms with van der Waals surface area (Å²) in [6.07, 6.45) is -6.04. The maximum absolute atomic E-state index is 14.0. The molecule has 4 aromatic rings. The molecule has 1 heterocycles. The minimum Gasteiger partial charge on any atom is -0.497 e. The van der Waals surface area contributed by atoms with Gasteiger partial charge in [0.05, 0.1) is 24.4 Å². The molecule has 0 aliphatic heterocycles. The number of carbonyl (C=O) groups excluding carboxylic acids is 1. The first-order chi connectivity index (χ1) is 17.1. The van der Waals surface area contributed by atoms with E-state index in [-0.39, 0.29) is 16.8 Å². The molecule has 3 N–H and O–H groups in total. The summed E-state index contributed by atoms with van der Waals surface area (Å²) in [4.78, 5) is 12.5. The summed E-state index contributed by atoms with van der Waals surface area (Å²) < 4.78 is 48.0. The van der Waals surface area contributed by atoms with Gasteiger partial charge >= 0.3 is 6.18 Å². The number of nitrogens with two attached hydrogens (primary N) is 1. The number of primary amides is 1. The summed E-state index contributed by atoms with van der Waals surface area (Å²) in [5.74, 6) is -0.550. The van der Waals surface area contributed by atoms with Gasteiger partial charge in [0.25, 0.3) is 5.91 Å². The highest BCUT2D eigenvalue weighted by Crippen LogP contribution is 2.40. The van der Waals surface area contributed by atoms with Gasteiger partial charge < -0.3 is 15.6 Å². The molecule has 4 rings (SSSR count). The quantitative estimate of drug-likeness (QED) is 0.408. The maximum atomic E-state index is 14.0. The van der Waals surface area contributed by atoms with Gasteiger partial charge in [-0.15, -0.1) is 0 Å². The zero-order chi connectivity index (χ0) is 26.0. The van der Waals surface area contributed by atoms with Crippen LogP contribution >= 0.6 is 0 Å². The third-order valence-electron chi connectivity index (χ3n) is 5.53. The molecular weight excluding hydrogens is 473 g/mol. The Morgan fingerprint density at radius 2 is 1.78 bits per heavy atom. The van der Waals surface area contributed by atoms with Crippen molar-refractivity contribution in [3.63, 3.8) is 0 Å². The minimum absolute atomic E-state index is 0.0316. The van der Waals surface area contributed by atoms with E-state index in [1.807, 2.05) is 6.07 Å². The average Bonchev–Trinajstić information content (AvgIpc) is 3.30. The van der Waals surface area contributed by atoms with Crippen LogP contribution in [0.5, 0.6) is 5.75 Å². The van der Waals surface area contributed by atoms with E-state index >= 15 is 0 Å². The molecule has 0 aliphatic rings. The van der Waals surface area contributed by atoms with Crippen LogP contribution in [-0.4, -0.2) is 27.9 Å². The lowest BCUT2D eigenvalue weighted by Crippen LogP contribution is -2.18. The Bertz CT molecular complexity index is 1470. The van der Waals surface area contributed by atoms with Crippen molar-refractivity contribution in [1.29, 1.82) is 5.26 Å². The largest absolute Gasteiger partial charge is 0.497 e. The number of hydrogen-bond acceptors (Lipinski definition) is 5. The first-order valence-electron chi connectivity index (χ1n) is 10.6. The Morgan fingerprint density at radius 3 is 2.39 bits per heavy atom. The molecule has 0 spiro atoms. The molecule has 36 heavy (non-hydrogen) atoms. The smallest absolute Gasteiger partial charge is 0.435 e. The highest BCUT2D eigenvalue weighted by Gasteiger charge is 2.41. The van der Waals surface area contributed by atoms with Crippen LogP contribution in [0, 0.1) is 11.3 Å². The van der Waals surface area contributed by atoms with Crippen LogP contribution < -0.4 is 10.5 Å². The average molecular weight is 492 g/mol. The Balaban J connectivity index is 1.89. The Morgan fingerprint density at radius 1 is 1.08 bits per heavy atom. The van der Waals surface area contributed by atoms with E-state index in [1.165, 1.54) is 49.6 Å². The summed E-state index contributed by atoms with van der Waals surface area (Å²) in [5.41, 5.74) is 4.21. The number of carbonyl (C=O) groups is 1. The van der Waals surface area contributed by atoms with Crippen LogP contribution in [0.15, 0.2) is 72.8 Å². The predicted molar refractivity (Wildman–Crippen MR) is 124 cm³/mol. The van der Waals surface area contributed by atoms with Gasteiger partial charge in [0.2, 0.25) is 0 Å². The molecule has 0 saturated carbocycles. The third kappa shape index (κ3) is 4.64. The number of ether oxygens (including phenoxy) is 1. The van der Waals surface area contributed by atoms with Crippen LogP contribution in [0.3, 0.4) is 0 Å². The lowest BCUT2D eigenvalue weighted by atomic mass is 9.99. The molecule has 1 atom stereocenters. The molecule has 0 fully saturated rings. The molecule has 7 nitrogen and oxygen atoms in total. The predicted octanol–water partition coefficient (Wildman–Crippen LogP) is 4.62. The van der Waals surface area contributed by atoms with E-state index in [9.17, 15) is 28.3 Å².